The number of nitrogens with one attached hydrogen (secondary N) is 2. The summed E-state index contributed by atoms with van der Waals surface area (Å²) >= 11 is 4.11. The fourth-order valence-electron chi connectivity index (χ4n) is 0.564. The highest BCUT2D eigenvalue weighted by atomic mass is 32.1. The van der Waals surface area contributed by atoms with Gasteiger partial charge in [0, 0.05) is 26.0 Å². The monoisotopic (exact) mass is 160 g/mol. The van der Waals surface area contributed by atoms with Crippen LogP contribution in [0.4, 0.5) is 0 Å². The molecule has 0 aromatic carbocycles. The summed E-state index contributed by atoms with van der Waals surface area (Å²) in [6, 6.07) is 0. The molecular formula is C7H16N2S. The van der Waals surface area contributed by atoms with Crippen LogP contribution in [0.3, 0.4) is 0 Å². The summed E-state index contributed by atoms with van der Waals surface area (Å²) in [5.41, 5.74) is 0. The van der Waals surface area contributed by atoms with Crippen molar-refractivity contribution in [3.8, 4) is 0 Å². The molecule has 0 fully saturated rings. The fourth-order valence-corrected chi connectivity index (χ4v) is 0.788. The van der Waals surface area contributed by atoms with Crippen molar-refractivity contribution in [1.29, 1.82) is 0 Å². The molecular weight excluding hydrogens is 144 g/mol. The number of hydrogen-bond donors (Lipinski definition) is 3. The summed E-state index contributed by atoms with van der Waals surface area (Å²) in [7, 11) is 1.88. The molecule has 2 N–H and O–H groups in total. The Morgan fingerprint density at radius 3 is 2.70 bits per heavy atom. The average molecular weight is 160 g/mol. The zero-order chi connectivity index (χ0) is 7.66. The second-order valence-electron chi connectivity index (χ2n) is 2.01. The van der Waals surface area contributed by atoms with Crippen LogP contribution in [0.1, 0.15) is 12.8 Å². The Labute approximate surface area is 68.5 Å². The highest BCUT2D eigenvalue weighted by molar-refractivity contribution is 7.80. The van der Waals surface area contributed by atoms with Crippen molar-refractivity contribution in [3.05, 3.63) is 12.4 Å². The van der Waals surface area contributed by atoms with Crippen LogP contribution in [0.25, 0.3) is 0 Å². The summed E-state index contributed by atoms with van der Waals surface area (Å²) < 4.78 is 0. The molecule has 0 atom stereocenters. The highest BCUT2D eigenvalue weighted by Crippen LogP contribution is 1.88. The van der Waals surface area contributed by atoms with Gasteiger partial charge in [-0.1, -0.05) is 0 Å². The minimum atomic E-state index is 0.984. The van der Waals surface area contributed by atoms with Gasteiger partial charge in [-0.3, -0.25) is 0 Å². The maximum Gasteiger partial charge on any atom is 0.0142 e. The molecule has 0 aliphatic carbocycles. The van der Waals surface area contributed by atoms with Crippen molar-refractivity contribution >= 4 is 12.6 Å². The molecule has 0 aliphatic rings. The lowest BCUT2D eigenvalue weighted by atomic mass is 10.3. The largest absolute Gasteiger partial charge is 0.393 e. The van der Waals surface area contributed by atoms with E-state index in [0.717, 1.165) is 12.3 Å². The maximum atomic E-state index is 4.11. The molecule has 0 saturated heterocycles. The van der Waals surface area contributed by atoms with Gasteiger partial charge in [0.2, 0.25) is 0 Å². The second-order valence-corrected chi connectivity index (χ2v) is 2.45. The molecule has 0 heterocycles. The van der Waals surface area contributed by atoms with Gasteiger partial charge in [-0.25, -0.2) is 0 Å². The van der Waals surface area contributed by atoms with Crippen LogP contribution in [0.5, 0.6) is 0 Å². The molecule has 3 heteroatoms. The Morgan fingerprint density at radius 1 is 1.30 bits per heavy atom. The third-order valence-electron chi connectivity index (χ3n) is 1.10. The zero-order valence-corrected chi connectivity index (χ0v) is 7.32. The van der Waals surface area contributed by atoms with E-state index in [0.29, 0.717) is 0 Å². The molecule has 0 bridgehead atoms. The van der Waals surface area contributed by atoms with Crippen LogP contribution in [0.15, 0.2) is 12.4 Å². The first-order valence-corrected chi connectivity index (χ1v) is 4.21. The predicted molar refractivity (Wildman–Crippen MR) is 49.3 cm³/mol. The molecule has 2 nitrogen and oxygen atoms in total. The van der Waals surface area contributed by atoms with Crippen molar-refractivity contribution in [1.82, 2.24) is 10.6 Å². The van der Waals surface area contributed by atoms with Crippen LogP contribution >= 0.6 is 12.6 Å². The average Bonchev–Trinajstić information content (AvgIpc) is 1.97. The Hall–Kier alpha value is -0.310. The molecule has 0 aliphatic heterocycles. The van der Waals surface area contributed by atoms with E-state index in [9.17, 15) is 0 Å². The van der Waals surface area contributed by atoms with Gasteiger partial charge >= 0.3 is 0 Å². The van der Waals surface area contributed by atoms with E-state index in [4.69, 9.17) is 0 Å². The summed E-state index contributed by atoms with van der Waals surface area (Å²) in [5.74, 6) is 0.984. The van der Waals surface area contributed by atoms with E-state index >= 15 is 0 Å². The third-order valence-corrected chi connectivity index (χ3v) is 1.41. The Kier molecular flexibility index (Phi) is 8.42. The van der Waals surface area contributed by atoms with Gasteiger partial charge in [0.15, 0.2) is 0 Å². The van der Waals surface area contributed by atoms with Crippen molar-refractivity contribution in [3.63, 3.8) is 0 Å². The maximum absolute atomic E-state index is 4.11. The predicted octanol–water partition coefficient (Wildman–Crippen LogP) is 0.977. The number of hydrogen-bond acceptors (Lipinski definition) is 3. The summed E-state index contributed by atoms with van der Waals surface area (Å²) in [6.07, 6.45) is 6.17. The molecule has 60 valence electrons. The van der Waals surface area contributed by atoms with Gasteiger partial charge in [0.05, 0.1) is 0 Å². The van der Waals surface area contributed by atoms with E-state index in [1.54, 1.807) is 0 Å². The molecule has 0 unspecified atom stereocenters. The Balaban J connectivity index is 2.83. The van der Waals surface area contributed by atoms with Crippen molar-refractivity contribution < 1.29 is 0 Å². The molecule has 0 saturated carbocycles. The van der Waals surface area contributed by atoms with Gasteiger partial charge in [-0.15, -0.1) is 0 Å². The van der Waals surface area contributed by atoms with Gasteiger partial charge in [0.1, 0.15) is 0 Å². The fraction of sp³-hybridized carbons (Fsp3) is 0.714. The first-order valence-electron chi connectivity index (χ1n) is 3.58. The van der Waals surface area contributed by atoms with Gasteiger partial charge < -0.3 is 10.6 Å². The summed E-state index contributed by atoms with van der Waals surface area (Å²) in [5, 5.41) is 6.04. The van der Waals surface area contributed by atoms with E-state index in [-0.39, 0.29) is 0 Å². The van der Waals surface area contributed by atoms with Crippen molar-refractivity contribution in [2.75, 3.05) is 19.3 Å². The minimum absolute atomic E-state index is 0.984. The quantitative estimate of drug-likeness (QED) is 0.398. The normalized spacial score (nSPS) is 10.2. The van der Waals surface area contributed by atoms with Gasteiger partial charge in [-0.2, -0.15) is 12.6 Å². The van der Waals surface area contributed by atoms with E-state index < -0.39 is 0 Å². The number of rotatable bonds is 6. The van der Waals surface area contributed by atoms with E-state index in [2.05, 4.69) is 23.3 Å². The molecule has 0 aromatic heterocycles. The molecule has 0 radical (unpaired) electrons. The van der Waals surface area contributed by atoms with Crippen LogP contribution in [0.2, 0.25) is 0 Å². The Morgan fingerprint density at radius 2 is 2.10 bits per heavy atom. The lowest BCUT2D eigenvalue weighted by Gasteiger charge is -1.97. The molecule has 0 aromatic rings. The van der Waals surface area contributed by atoms with Crippen LogP contribution in [-0.2, 0) is 0 Å². The van der Waals surface area contributed by atoms with Crippen molar-refractivity contribution in [2.24, 2.45) is 0 Å². The first kappa shape index (κ1) is 9.69. The first-order chi connectivity index (χ1) is 4.91. The SMILES string of the molecule is CN/C=C\NCCCCS. The summed E-state index contributed by atoms with van der Waals surface area (Å²) in [4.78, 5) is 0. The van der Waals surface area contributed by atoms with Gasteiger partial charge in [0.25, 0.3) is 0 Å². The van der Waals surface area contributed by atoms with E-state index in [1.165, 1.54) is 12.8 Å². The molecule has 10 heavy (non-hydrogen) atoms. The van der Waals surface area contributed by atoms with Crippen molar-refractivity contribution in [2.45, 2.75) is 12.8 Å². The minimum Gasteiger partial charge on any atom is -0.393 e. The van der Waals surface area contributed by atoms with Crippen LogP contribution in [-0.4, -0.2) is 19.3 Å². The van der Waals surface area contributed by atoms with Gasteiger partial charge in [-0.05, 0) is 18.6 Å². The zero-order valence-electron chi connectivity index (χ0n) is 6.43. The summed E-state index contributed by atoms with van der Waals surface area (Å²) in [6.45, 7) is 1.04. The standard InChI is InChI=1S/C7H16N2S/c1-8-5-6-9-4-2-3-7-10/h5-6,8-10H,2-4,7H2,1H3/b6-5-. The Bertz CT molecular complexity index is 83.7. The molecule has 0 spiro atoms. The highest BCUT2D eigenvalue weighted by Gasteiger charge is 1.81. The molecule has 0 rings (SSSR count). The molecule has 0 amide bonds. The smallest absolute Gasteiger partial charge is 0.0142 e. The lowest BCUT2D eigenvalue weighted by molar-refractivity contribution is 0.738. The third kappa shape index (κ3) is 7.69. The number of thiol groups is 1. The van der Waals surface area contributed by atoms with Crippen LogP contribution in [0, 0.1) is 0 Å². The lowest BCUT2D eigenvalue weighted by Crippen LogP contribution is -2.08. The van der Waals surface area contributed by atoms with E-state index in [1.807, 2.05) is 19.4 Å². The topological polar surface area (TPSA) is 24.1 Å². The number of unbranched alkanes of at least 4 members (excludes halogenated alkanes) is 1. The second kappa shape index (κ2) is 8.69. The van der Waals surface area contributed by atoms with Crippen LogP contribution < -0.4 is 10.6 Å².